The van der Waals surface area contributed by atoms with E-state index in [1.54, 1.807) is 12.1 Å². The van der Waals surface area contributed by atoms with E-state index in [4.69, 9.17) is 17.5 Å². The molecule has 3 rings (SSSR count). The summed E-state index contributed by atoms with van der Waals surface area (Å²) in [5, 5.41) is 23.0. The maximum atomic E-state index is 11.6. The summed E-state index contributed by atoms with van der Waals surface area (Å²) in [6.07, 6.45) is 4.22. The fourth-order valence-electron chi connectivity index (χ4n) is 2.39. The van der Waals surface area contributed by atoms with E-state index in [2.05, 4.69) is 15.3 Å². The number of hydrogen-bond donors (Lipinski definition) is 3. The molecule has 1 saturated heterocycles. The summed E-state index contributed by atoms with van der Waals surface area (Å²) in [7, 11) is 0. The molecule has 0 aliphatic carbocycles. The maximum absolute atomic E-state index is 11.6. The van der Waals surface area contributed by atoms with Crippen molar-refractivity contribution in [3.05, 3.63) is 55.1 Å². The van der Waals surface area contributed by atoms with Gasteiger partial charge in [-0.25, -0.2) is 0 Å². The van der Waals surface area contributed by atoms with Crippen molar-refractivity contribution in [3.8, 4) is 17.3 Å². The highest BCUT2D eigenvalue weighted by Crippen LogP contribution is 2.23. The number of H-pyrrole nitrogens is 2. The number of aromatic amines is 2. The minimum Gasteiger partial charge on any atom is -0.331 e. The van der Waals surface area contributed by atoms with Gasteiger partial charge in [-0.3, -0.25) is 19.9 Å². The minimum absolute atomic E-state index is 0.0468. The van der Waals surface area contributed by atoms with Crippen LogP contribution < -0.4 is 10.9 Å². The molecular weight excluding hydrogens is 342 g/mol. The Morgan fingerprint density at radius 2 is 1.92 bits per heavy atom. The van der Waals surface area contributed by atoms with Crippen molar-refractivity contribution < 1.29 is 4.92 Å². The third-order valence-corrected chi connectivity index (χ3v) is 3.81. The molecule has 3 N–H and O–H groups in total. The number of rotatable bonds is 2. The molecule has 0 unspecified atom stereocenters. The van der Waals surface area contributed by atoms with Crippen LogP contribution in [-0.2, 0) is 0 Å². The van der Waals surface area contributed by atoms with Crippen molar-refractivity contribution in [2.24, 2.45) is 0 Å². The van der Waals surface area contributed by atoms with Gasteiger partial charge in [-0.05, 0) is 38.1 Å². The van der Waals surface area contributed by atoms with E-state index in [-0.39, 0.29) is 21.7 Å². The second kappa shape index (κ2) is 8.86. The summed E-state index contributed by atoms with van der Waals surface area (Å²) in [5.74, 6) is 0. The predicted molar refractivity (Wildman–Crippen MR) is 95.8 cm³/mol. The molecule has 9 heteroatoms. The molecule has 8 nitrogen and oxygen atoms in total. The Bertz CT molecular complexity index is 897. The highest BCUT2D eigenvalue weighted by atomic mass is 32.1. The van der Waals surface area contributed by atoms with E-state index in [0.717, 1.165) is 0 Å². The lowest BCUT2D eigenvalue weighted by Gasteiger charge is -2.08. The molecule has 2 heterocycles. The van der Waals surface area contributed by atoms with E-state index < -0.39 is 10.5 Å². The van der Waals surface area contributed by atoms with Crippen LogP contribution in [0.1, 0.15) is 24.8 Å². The second-order valence-electron chi connectivity index (χ2n) is 5.39. The van der Waals surface area contributed by atoms with Gasteiger partial charge in [-0.15, -0.1) is 0 Å². The normalized spacial score (nSPS) is 13.2. The van der Waals surface area contributed by atoms with Crippen molar-refractivity contribution in [1.82, 2.24) is 15.3 Å². The fraction of sp³-hybridized carbons (Fsp3) is 0.312. The first-order valence-electron chi connectivity index (χ1n) is 7.75. The van der Waals surface area contributed by atoms with E-state index in [9.17, 15) is 14.9 Å². The van der Waals surface area contributed by atoms with E-state index in [0.29, 0.717) is 5.56 Å². The topological polar surface area (TPSA) is 128 Å². The van der Waals surface area contributed by atoms with Crippen LogP contribution in [0, 0.1) is 26.2 Å². The van der Waals surface area contributed by atoms with Crippen LogP contribution in [0.3, 0.4) is 0 Å². The molecule has 0 bridgehead atoms. The van der Waals surface area contributed by atoms with Crippen LogP contribution >= 0.6 is 12.2 Å². The SMILES string of the molecule is C1CCNCC1.N#Cc1c(-c2cccc([N+](=O)[O-])c2)[nH]c(=S)[nH]c1=O. The monoisotopic (exact) mass is 359 g/mol. The summed E-state index contributed by atoms with van der Waals surface area (Å²) in [6.45, 7) is 2.50. The summed E-state index contributed by atoms with van der Waals surface area (Å²) in [6, 6.07) is 7.34. The summed E-state index contributed by atoms with van der Waals surface area (Å²) >= 11 is 4.82. The smallest absolute Gasteiger partial charge is 0.270 e. The number of nitro groups is 1. The van der Waals surface area contributed by atoms with Gasteiger partial charge in [0, 0.05) is 17.7 Å². The molecule has 1 aromatic heterocycles. The molecule has 0 saturated carbocycles. The van der Waals surface area contributed by atoms with Gasteiger partial charge in [-0.2, -0.15) is 5.26 Å². The van der Waals surface area contributed by atoms with Crippen LogP contribution in [0.4, 0.5) is 5.69 Å². The average molecular weight is 359 g/mol. The Kier molecular flexibility index (Phi) is 6.56. The standard InChI is InChI=1S/C11H6N4O3S.C5H11N/c12-5-8-9(13-11(19)14-10(8)16)6-2-1-3-7(4-6)15(17)18;1-2-4-6-5-3-1/h1-4H,(H2,13,14,16,19);6H,1-5H2. The van der Waals surface area contributed by atoms with Gasteiger partial charge in [0.05, 0.1) is 10.6 Å². The van der Waals surface area contributed by atoms with Gasteiger partial charge in [0.2, 0.25) is 0 Å². The van der Waals surface area contributed by atoms with Crippen molar-refractivity contribution in [3.63, 3.8) is 0 Å². The molecule has 0 spiro atoms. The van der Waals surface area contributed by atoms with Crippen molar-refractivity contribution in [2.75, 3.05) is 13.1 Å². The van der Waals surface area contributed by atoms with E-state index in [1.165, 1.54) is 50.6 Å². The van der Waals surface area contributed by atoms with Crippen LogP contribution in [0.25, 0.3) is 11.3 Å². The van der Waals surface area contributed by atoms with Gasteiger partial charge >= 0.3 is 0 Å². The van der Waals surface area contributed by atoms with Crippen molar-refractivity contribution in [2.45, 2.75) is 19.3 Å². The maximum Gasteiger partial charge on any atom is 0.270 e. The number of nitrogens with zero attached hydrogens (tertiary/aromatic N) is 2. The summed E-state index contributed by atoms with van der Waals surface area (Å²) < 4.78 is 0.0468. The molecule has 1 aromatic carbocycles. The molecular formula is C16H17N5O3S. The molecule has 1 aliphatic rings. The largest absolute Gasteiger partial charge is 0.331 e. The highest BCUT2D eigenvalue weighted by Gasteiger charge is 2.13. The quantitative estimate of drug-likeness (QED) is 0.430. The molecule has 130 valence electrons. The second-order valence-corrected chi connectivity index (χ2v) is 5.80. The Hall–Kier alpha value is -2.83. The zero-order valence-corrected chi connectivity index (χ0v) is 14.2. The number of nitro benzene ring substituents is 1. The Balaban J connectivity index is 0.000000316. The molecule has 0 radical (unpaired) electrons. The highest BCUT2D eigenvalue weighted by molar-refractivity contribution is 7.71. The van der Waals surface area contributed by atoms with Crippen molar-refractivity contribution in [1.29, 1.82) is 5.26 Å². The minimum atomic E-state index is -0.632. The Labute approximate surface area is 148 Å². The number of nitriles is 1. The Morgan fingerprint density at radius 3 is 2.44 bits per heavy atom. The number of piperidine rings is 1. The number of hydrogen-bond acceptors (Lipinski definition) is 6. The zero-order valence-electron chi connectivity index (χ0n) is 13.4. The lowest BCUT2D eigenvalue weighted by molar-refractivity contribution is -0.384. The van der Waals surface area contributed by atoms with E-state index >= 15 is 0 Å². The average Bonchev–Trinajstić information content (AvgIpc) is 2.63. The number of benzene rings is 1. The third-order valence-electron chi connectivity index (χ3n) is 3.61. The Morgan fingerprint density at radius 1 is 1.20 bits per heavy atom. The molecule has 1 aliphatic heterocycles. The van der Waals surface area contributed by atoms with Gasteiger partial charge in [-0.1, -0.05) is 18.6 Å². The predicted octanol–water partition coefficient (Wildman–Crippen LogP) is 2.64. The fourth-order valence-corrected chi connectivity index (χ4v) is 2.58. The van der Waals surface area contributed by atoms with Crippen LogP contribution in [-0.4, -0.2) is 28.0 Å². The first-order chi connectivity index (χ1) is 12.0. The molecule has 0 amide bonds. The van der Waals surface area contributed by atoms with Gasteiger partial charge in [0.15, 0.2) is 4.77 Å². The van der Waals surface area contributed by atoms with E-state index in [1.807, 2.05) is 0 Å². The van der Waals surface area contributed by atoms with Crippen LogP contribution in [0.2, 0.25) is 0 Å². The first-order valence-corrected chi connectivity index (χ1v) is 8.16. The van der Waals surface area contributed by atoms with Crippen molar-refractivity contribution >= 4 is 17.9 Å². The molecule has 25 heavy (non-hydrogen) atoms. The molecule has 2 aromatic rings. The van der Waals surface area contributed by atoms with Gasteiger partial charge < -0.3 is 10.3 Å². The first kappa shape index (κ1) is 18.5. The summed E-state index contributed by atoms with van der Waals surface area (Å²) in [4.78, 5) is 26.7. The lowest BCUT2D eigenvalue weighted by atomic mass is 10.1. The molecule has 1 fully saturated rings. The lowest BCUT2D eigenvalue weighted by Crippen LogP contribution is -2.21. The van der Waals surface area contributed by atoms with Gasteiger partial charge in [0.25, 0.3) is 11.2 Å². The van der Waals surface area contributed by atoms with Gasteiger partial charge in [0.1, 0.15) is 11.6 Å². The summed E-state index contributed by atoms with van der Waals surface area (Å²) in [5.41, 5.74) is -0.425. The van der Waals surface area contributed by atoms with Crippen LogP contribution in [0.15, 0.2) is 29.1 Å². The third kappa shape index (κ3) is 5.07. The molecule has 0 atom stereocenters. The van der Waals surface area contributed by atoms with Crippen LogP contribution in [0.5, 0.6) is 0 Å². The number of non-ortho nitro benzene ring substituents is 1. The zero-order chi connectivity index (χ0) is 18.2. The number of aromatic nitrogens is 2. The number of nitrogens with one attached hydrogen (secondary N) is 3.